The van der Waals surface area contributed by atoms with Crippen molar-refractivity contribution in [3.63, 3.8) is 0 Å². The molecule has 1 aromatic carbocycles. The highest BCUT2D eigenvalue weighted by Crippen LogP contribution is 2.32. The fraction of sp³-hybridized carbons (Fsp3) is 0.562. The Bertz CT molecular complexity index is 447. The Morgan fingerprint density at radius 3 is 2.86 bits per heavy atom. The summed E-state index contributed by atoms with van der Waals surface area (Å²) in [5.74, 6) is -0.293. The van der Waals surface area contributed by atoms with Gasteiger partial charge in [0.05, 0.1) is 39.5 Å². The molecule has 0 bridgehead atoms. The zero-order valence-corrected chi connectivity index (χ0v) is 12.3. The Morgan fingerprint density at radius 1 is 1.43 bits per heavy atom. The van der Waals surface area contributed by atoms with Crippen LogP contribution < -0.4 is 0 Å². The number of rotatable bonds is 7. The lowest BCUT2D eigenvalue weighted by molar-refractivity contribution is -0.150. The normalized spacial score (nSPS) is 25.0. The van der Waals surface area contributed by atoms with Crippen LogP contribution in [0.1, 0.15) is 24.8 Å². The smallest absolute Gasteiger partial charge is 0.308 e. The standard InChI is InChI=1S/C16H22O5/c1-19-15(18)9-14-7-8-16(11-17,21-14)12-20-10-13-5-3-2-4-6-13/h2-6,14,17H,7-12H2,1H3/t14-,16+/m1/s1. The average Bonchev–Trinajstić information content (AvgIpc) is 2.92. The molecule has 116 valence electrons. The van der Waals surface area contributed by atoms with E-state index in [4.69, 9.17) is 9.47 Å². The molecule has 1 aromatic rings. The van der Waals surface area contributed by atoms with E-state index in [1.54, 1.807) is 0 Å². The van der Waals surface area contributed by atoms with Gasteiger partial charge >= 0.3 is 5.97 Å². The number of ether oxygens (including phenoxy) is 3. The molecular weight excluding hydrogens is 272 g/mol. The number of benzene rings is 1. The number of hydrogen-bond acceptors (Lipinski definition) is 5. The van der Waals surface area contributed by atoms with Crippen LogP contribution in [-0.2, 0) is 25.6 Å². The van der Waals surface area contributed by atoms with Crippen LogP contribution in [-0.4, -0.2) is 43.1 Å². The van der Waals surface area contributed by atoms with Gasteiger partial charge in [0.1, 0.15) is 5.60 Å². The second-order valence-corrected chi connectivity index (χ2v) is 5.38. The van der Waals surface area contributed by atoms with Gasteiger partial charge in [-0.3, -0.25) is 4.79 Å². The number of carbonyl (C=O) groups is 1. The van der Waals surface area contributed by atoms with Gasteiger partial charge in [0.2, 0.25) is 0 Å². The van der Waals surface area contributed by atoms with Crippen molar-refractivity contribution in [2.45, 2.75) is 37.6 Å². The predicted octanol–water partition coefficient (Wildman–Crippen LogP) is 1.68. The first-order valence-corrected chi connectivity index (χ1v) is 7.14. The van der Waals surface area contributed by atoms with Gasteiger partial charge in [-0.1, -0.05) is 30.3 Å². The van der Waals surface area contributed by atoms with E-state index in [1.165, 1.54) is 7.11 Å². The Balaban J connectivity index is 1.81. The maximum absolute atomic E-state index is 11.3. The third-order valence-electron chi connectivity index (χ3n) is 3.73. The van der Waals surface area contributed by atoms with Gasteiger partial charge in [0, 0.05) is 0 Å². The zero-order valence-electron chi connectivity index (χ0n) is 12.3. The summed E-state index contributed by atoms with van der Waals surface area (Å²) in [5, 5.41) is 9.60. The second-order valence-electron chi connectivity index (χ2n) is 5.38. The van der Waals surface area contributed by atoms with Gasteiger partial charge in [-0.2, -0.15) is 0 Å². The first-order valence-electron chi connectivity index (χ1n) is 7.14. The largest absolute Gasteiger partial charge is 0.469 e. The predicted molar refractivity (Wildman–Crippen MR) is 76.7 cm³/mol. The Morgan fingerprint density at radius 2 is 2.19 bits per heavy atom. The highest BCUT2D eigenvalue weighted by Gasteiger charge is 2.40. The van der Waals surface area contributed by atoms with Crippen LogP contribution in [0.3, 0.4) is 0 Å². The van der Waals surface area contributed by atoms with Crippen molar-refractivity contribution in [3.05, 3.63) is 35.9 Å². The van der Waals surface area contributed by atoms with Crippen LogP contribution in [0.25, 0.3) is 0 Å². The van der Waals surface area contributed by atoms with Gasteiger partial charge in [-0.05, 0) is 18.4 Å². The quantitative estimate of drug-likeness (QED) is 0.775. The van der Waals surface area contributed by atoms with Crippen molar-refractivity contribution < 1.29 is 24.1 Å². The fourth-order valence-electron chi connectivity index (χ4n) is 2.51. The van der Waals surface area contributed by atoms with Crippen molar-refractivity contribution in [1.29, 1.82) is 0 Å². The summed E-state index contributed by atoms with van der Waals surface area (Å²) in [7, 11) is 1.36. The molecule has 0 radical (unpaired) electrons. The van der Waals surface area contributed by atoms with E-state index < -0.39 is 5.60 Å². The molecule has 1 aliphatic heterocycles. The lowest BCUT2D eigenvalue weighted by Gasteiger charge is -2.27. The van der Waals surface area contributed by atoms with Crippen molar-refractivity contribution >= 4 is 5.97 Å². The number of esters is 1. The van der Waals surface area contributed by atoms with Gasteiger partial charge in [0.15, 0.2) is 0 Å². The van der Waals surface area contributed by atoms with Gasteiger partial charge in [-0.25, -0.2) is 0 Å². The van der Waals surface area contributed by atoms with E-state index in [1.807, 2.05) is 30.3 Å². The van der Waals surface area contributed by atoms with Crippen LogP contribution in [0.5, 0.6) is 0 Å². The van der Waals surface area contributed by atoms with E-state index in [0.717, 1.165) is 12.0 Å². The Kier molecular flexibility index (Phi) is 5.73. The minimum atomic E-state index is -0.701. The highest BCUT2D eigenvalue weighted by atomic mass is 16.6. The monoisotopic (exact) mass is 294 g/mol. The molecule has 1 fully saturated rings. The molecular formula is C16H22O5. The van der Waals surface area contributed by atoms with Crippen LogP contribution in [0.2, 0.25) is 0 Å². The summed E-state index contributed by atoms with van der Waals surface area (Å²) in [6.45, 7) is 0.684. The summed E-state index contributed by atoms with van der Waals surface area (Å²) < 4.78 is 16.1. The number of carbonyl (C=O) groups excluding carboxylic acids is 1. The molecule has 0 amide bonds. The molecule has 0 aromatic heterocycles. The summed E-state index contributed by atoms with van der Waals surface area (Å²) in [6.07, 6.45) is 1.42. The molecule has 0 spiro atoms. The maximum Gasteiger partial charge on any atom is 0.308 e. The molecule has 0 aliphatic carbocycles. The van der Waals surface area contributed by atoms with E-state index >= 15 is 0 Å². The number of aliphatic hydroxyl groups excluding tert-OH is 1. The number of aliphatic hydroxyl groups is 1. The molecule has 0 unspecified atom stereocenters. The fourth-order valence-corrected chi connectivity index (χ4v) is 2.51. The zero-order chi connectivity index (χ0) is 15.1. The Hall–Kier alpha value is -1.43. The first kappa shape index (κ1) is 15.9. The molecule has 1 heterocycles. The van der Waals surface area contributed by atoms with Crippen molar-refractivity contribution in [2.24, 2.45) is 0 Å². The number of methoxy groups -OCH3 is 1. The molecule has 2 atom stereocenters. The topological polar surface area (TPSA) is 65.0 Å². The lowest BCUT2D eigenvalue weighted by atomic mass is 10.0. The van der Waals surface area contributed by atoms with E-state index in [2.05, 4.69) is 4.74 Å². The third-order valence-corrected chi connectivity index (χ3v) is 3.73. The molecule has 21 heavy (non-hydrogen) atoms. The van der Waals surface area contributed by atoms with Crippen LogP contribution in [0.4, 0.5) is 0 Å². The minimum absolute atomic E-state index is 0.112. The first-order chi connectivity index (χ1) is 10.2. The summed E-state index contributed by atoms with van der Waals surface area (Å²) in [6, 6.07) is 9.84. The Labute approximate surface area is 124 Å². The molecule has 1 N–H and O–H groups in total. The molecule has 1 aliphatic rings. The van der Waals surface area contributed by atoms with Crippen molar-refractivity contribution in [2.75, 3.05) is 20.3 Å². The van der Waals surface area contributed by atoms with Crippen LogP contribution >= 0.6 is 0 Å². The minimum Gasteiger partial charge on any atom is -0.469 e. The SMILES string of the molecule is COC(=O)C[C@H]1CC[C@](CO)(COCc2ccccc2)O1. The van der Waals surface area contributed by atoms with Crippen molar-refractivity contribution in [3.8, 4) is 0 Å². The van der Waals surface area contributed by atoms with Crippen LogP contribution in [0, 0.1) is 0 Å². The summed E-state index contributed by atoms with van der Waals surface area (Å²) >= 11 is 0. The average molecular weight is 294 g/mol. The van der Waals surface area contributed by atoms with Crippen LogP contribution in [0.15, 0.2) is 30.3 Å². The van der Waals surface area contributed by atoms with Gasteiger partial charge in [-0.15, -0.1) is 0 Å². The highest BCUT2D eigenvalue weighted by molar-refractivity contribution is 5.69. The van der Waals surface area contributed by atoms with Gasteiger partial charge < -0.3 is 19.3 Å². The van der Waals surface area contributed by atoms with Crippen molar-refractivity contribution in [1.82, 2.24) is 0 Å². The molecule has 5 nitrogen and oxygen atoms in total. The van der Waals surface area contributed by atoms with Gasteiger partial charge in [0.25, 0.3) is 0 Å². The third kappa shape index (κ3) is 4.52. The van der Waals surface area contributed by atoms with E-state index in [0.29, 0.717) is 19.6 Å². The lowest BCUT2D eigenvalue weighted by Crippen LogP contribution is -2.39. The summed E-state index contributed by atoms with van der Waals surface area (Å²) in [5.41, 5.74) is 0.377. The molecule has 1 saturated heterocycles. The van der Waals surface area contributed by atoms with E-state index in [-0.39, 0.29) is 25.1 Å². The van der Waals surface area contributed by atoms with E-state index in [9.17, 15) is 9.90 Å². The second kappa shape index (κ2) is 7.54. The maximum atomic E-state index is 11.3. The summed E-state index contributed by atoms with van der Waals surface area (Å²) in [4.78, 5) is 11.3. The molecule has 0 saturated carbocycles. The molecule has 5 heteroatoms. The number of hydrogen-bond donors (Lipinski definition) is 1. The molecule has 2 rings (SSSR count).